The summed E-state index contributed by atoms with van der Waals surface area (Å²) in [4.78, 5) is 19.9. The van der Waals surface area contributed by atoms with Gasteiger partial charge in [0.05, 0.1) is 22.7 Å². The Morgan fingerprint density at radius 2 is 2.00 bits per heavy atom. The second kappa shape index (κ2) is 10.6. The van der Waals surface area contributed by atoms with Gasteiger partial charge in [-0.1, -0.05) is 36.0 Å². The Bertz CT molecular complexity index is 1080. The number of rotatable bonds is 7. The van der Waals surface area contributed by atoms with Crippen LogP contribution < -0.4 is 9.47 Å². The molecule has 1 fully saturated rings. The fourth-order valence-corrected chi connectivity index (χ4v) is 4.29. The van der Waals surface area contributed by atoms with E-state index in [1.165, 1.54) is 18.9 Å². The fraction of sp³-hybridized carbons (Fsp3) is 0.217. The van der Waals surface area contributed by atoms with E-state index < -0.39 is 0 Å². The Labute approximate surface area is 196 Å². The molecule has 0 aliphatic carbocycles. The van der Waals surface area contributed by atoms with Gasteiger partial charge in [0.15, 0.2) is 16.7 Å². The molecule has 0 aromatic heterocycles. The highest BCUT2D eigenvalue weighted by atomic mass is 35.5. The second-order valence-corrected chi connectivity index (χ2v) is 8.32. The van der Waals surface area contributed by atoms with Crippen molar-refractivity contribution in [2.75, 3.05) is 20.3 Å². The van der Waals surface area contributed by atoms with Gasteiger partial charge in [-0.3, -0.25) is 9.69 Å². The molecule has 1 heterocycles. The average molecular weight is 475 g/mol. The van der Waals surface area contributed by atoms with Gasteiger partial charge in [0.1, 0.15) is 6.61 Å². The largest absolute Gasteiger partial charge is 0.493 e. The molecule has 0 spiro atoms. The summed E-state index contributed by atoms with van der Waals surface area (Å²) in [6.45, 7) is 2.65. The summed E-state index contributed by atoms with van der Waals surface area (Å²) in [5.41, 5.74) is 1.43. The zero-order valence-corrected chi connectivity index (χ0v) is 19.4. The van der Waals surface area contributed by atoms with Crippen LogP contribution in [-0.2, 0) is 4.79 Å². The predicted molar refractivity (Wildman–Crippen MR) is 128 cm³/mol. The molecule has 0 bridgehead atoms. The van der Waals surface area contributed by atoms with Crippen LogP contribution in [0.2, 0.25) is 10.0 Å². The molecule has 0 unspecified atom stereocenters. The Morgan fingerprint density at radius 1 is 1.26 bits per heavy atom. The number of ether oxygens (including phenoxy) is 2. The van der Waals surface area contributed by atoms with Crippen molar-refractivity contribution in [2.24, 2.45) is 4.99 Å². The molecule has 1 saturated heterocycles. The number of halogens is 2. The lowest BCUT2D eigenvalue weighted by Gasteiger charge is -2.14. The van der Waals surface area contributed by atoms with Gasteiger partial charge in [0.25, 0.3) is 5.91 Å². The maximum Gasteiger partial charge on any atom is 0.266 e. The third-order valence-electron chi connectivity index (χ3n) is 4.24. The van der Waals surface area contributed by atoms with E-state index in [9.17, 15) is 4.79 Å². The SMILES string of the molecule is C#CCOc1c(Cl)cc(/C=C2\SC(=Nc3ccc(Cl)cc3)N(CCC)C2=O)cc1OC. The van der Waals surface area contributed by atoms with Crippen molar-refractivity contribution >= 4 is 57.8 Å². The van der Waals surface area contributed by atoms with E-state index in [2.05, 4.69) is 10.9 Å². The Morgan fingerprint density at radius 3 is 2.65 bits per heavy atom. The number of amides is 1. The van der Waals surface area contributed by atoms with E-state index in [0.717, 1.165) is 12.1 Å². The molecule has 1 aliphatic rings. The van der Waals surface area contributed by atoms with E-state index in [4.69, 9.17) is 39.1 Å². The van der Waals surface area contributed by atoms with Crippen molar-refractivity contribution in [1.29, 1.82) is 0 Å². The highest BCUT2D eigenvalue weighted by Crippen LogP contribution is 2.39. The number of hydrogen-bond donors (Lipinski definition) is 0. The molecule has 31 heavy (non-hydrogen) atoms. The molecule has 0 radical (unpaired) electrons. The number of nitrogens with zero attached hydrogens (tertiary/aromatic N) is 2. The van der Waals surface area contributed by atoms with Gasteiger partial charge in [-0.25, -0.2) is 4.99 Å². The molecule has 5 nitrogen and oxygen atoms in total. The van der Waals surface area contributed by atoms with E-state index in [0.29, 0.717) is 43.7 Å². The minimum atomic E-state index is -0.109. The van der Waals surface area contributed by atoms with Crippen LogP contribution in [-0.4, -0.2) is 36.2 Å². The van der Waals surface area contributed by atoms with Crippen molar-refractivity contribution in [3.8, 4) is 23.8 Å². The number of thioether (sulfide) groups is 1. The molecule has 160 valence electrons. The topological polar surface area (TPSA) is 51.1 Å². The van der Waals surface area contributed by atoms with Crippen molar-refractivity contribution in [3.63, 3.8) is 0 Å². The zero-order valence-electron chi connectivity index (χ0n) is 17.0. The molecule has 0 N–H and O–H groups in total. The van der Waals surface area contributed by atoms with Crippen LogP contribution in [0.4, 0.5) is 5.69 Å². The molecule has 8 heteroatoms. The number of hydrogen-bond acceptors (Lipinski definition) is 5. The summed E-state index contributed by atoms with van der Waals surface area (Å²) >= 11 is 13.6. The highest BCUT2D eigenvalue weighted by Gasteiger charge is 2.32. The van der Waals surface area contributed by atoms with Gasteiger partial charge < -0.3 is 9.47 Å². The van der Waals surface area contributed by atoms with Crippen LogP contribution >= 0.6 is 35.0 Å². The van der Waals surface area contributed by atoms with Crippen LogP contribution in [0.25, 0.3) is 6.08 Å². The number of methoxy groups -OCH3 is 1. The maximum absolute atomic E-state index is 13.0. The van der Waals surface area contributed by atoms with Crippen molar-refractivity contribution in [3.05, 3.63) is 56.9 Å². The first-order chi connectivity index (χ1) is 15.0. The summed E-state index contributed by atoms with van der Waals surface area (Å²) in [6, 6.07) is 10.6. The van der Waals surface area contributed by atoms with E-state index in [-0.39, 0.29) is 12.5 Å². The van der Waals surface area contributed by atoms with E-state index in [1.807, 2.05) is 19.1 Å². The van der Waals surface area contributed by atoms with Gasteiger partial charge in [-0.05, 0) is 66.2 Å². The van der Waals surface area contributed by atoms with Crippen molar-refractivity contribution < 1.29 is 14.3 Å². The second-order valence-electron chi connectivity index (χ2n) is 6.47. The third kappa shape index (κ3) is 5.56. The monoisotopic (exact) mass is 474 g/mol. The van der Waals surface area contributed by atoms with Crippen molar-refractivity contribution in [2.45, 2.75) is 13.3 Å². The minimum Gasteiger partial charge on any atom is -0.493 e. The van der Waals surface area contributed by atoms with Gasteiger partial charge in [-0.15, -0.1) is 6.42 Å². The molecular weight excluding hydrogens is 455 g/mol. The highest BCUT2D eigenvalue weighted by molar-refractivity contribution is 8.18. The quantitative estimate of drug-likeness (QED) is 0.363. The van der Waals surface area contributed by atoms with Gasteiger partial charge >= 0.3 is 0 Å². The standard InChI is InChI=1S/C23H20Cl2N2O3S/c1-4-10-27-22(28)20(31-23(27)26-17-8-6-16(24)7-9-17)14-15-12-18(25)21(30-11-5-2)19(13-15)29-3/h2,6-9,12-14H,4,10-11H2,1,3H3/b20-14-,26-23?. The van der Waals surface area contributed by atoms with Crippen LogP contribution in [0.5, 0.6) is 11.5 Å². The van der Waals surface area contributed by atoms with Crippen LogP contribution in [0.3, 0.4) is 0 Å². The summed E-state index contributed by atoms with van der Waals surface area (Å²) in [5, 5.41) is 1.59. The number of benzene rings is 2. The molecule has 3 rings (SSSR count). The first-order valence-corrected chi connectivity index (χ1v) is 11.0. The molecule has 2 aromatic carbocycles. The molecule has 0 atom stereocenters. The fourth-order valence-electron chi connectivity index (χ4n) is 2.87. The first-order valence-electron chi connectivity index (χ1n) is 9.46. The number of amidine groups is 1. The van der Waals surface area contributed by atoms with E-state index in [1.54, 1.807) is 35.2 Å². The zero-order chi connectivity index (χ0) is 22.4. The van der Waals surface area contributed by atoms with Gasteiger partial charge in [0.2, 0.25) is 0 Å². The van der Waals surface area contributed by atoms with Crippen LogP contribution in [0.15, 0.2) is 46.3 Å². The Kier molecular flexibility index (Phi) is 7.91. The Balaban J connectivity index is 1.95. The minimum absolute atomic E-state index is 0.0708. The molecule has 2 aromatic rings. The number of carbonyl (C=O) groups excluding carboxylic acids is 1. The molecule has 0 saturated carbocycles. The van der Waals surface area contributed by atoms with Crippen LogP contribution in [0, 0.1) is 12.3 Å². The number of carbonyl (C=O) groups is 1. The normalized spacial score (nSPS) is 16.1. The van der Waals surface area contributed by atoms with E-state index >= 15 is 0 Å². The van der Waals surface area contributed by atoms with Crippen LogP contribution in [0.1, 0.15) is 18.9 Å². The third-order valence-corrected chi connectivity index (χ3v) is 5.78. The molecule has 1 amide bonds. The lowest BCUT2D eigenvalue weighted by atomic mass is 10.1. The number of aliphatic imine (C=N–C) groups is 1. The maximum atomic E-state index is 13.0. The molecule has 1 aliphatic heterocycles. The molecular formula is C23H20Cl2N2O3S. The summed E-state index contributed by atoms with van der Waals surface area (Å²) < 4.78 is 10.9. The summed E-state index contributed by atoms with van der Waals surface area (Å²) in [6.07, 6.45) is 7.82. The van der Waals surface area contributed by atoms with Crippen molar-refractivity contribution in [1.82, 2.24) is 4.90 Å². The summed E-state index contributed by atoms with van der Waals surface area (Å²) in [5.74, 6) is 3.09. The predicted octanol–water partition coefficient (Wildman–Crippen LogP) is 6.03. The smallest absolute Gasteiger partial charge is 0.266 e. The average Bonchev–Trinajstić information content (AvgIpc) is 3.03. The lowest BCUT2D eigenvalue weighted by Crippen LogP contribution is -2.29. The van der Waals surface area contributed by atoms with Gasteiger partial charge in [0, 0.05) is 11.6 Å². The Hall–Kier alpha value is -2.59. The summed E-state index contributed by atoms with van der Waals surface area (Å²) in [7, 11) is 1.51. The number of terminal acetylenes is 1. The van der Waals surface area contributed by atoms with Gasteiger partial charge in [-0.2, -0.15) is 0 Å². The lowest BCUT2D eigenvalue weighted by molar-refractivity contribution is -0.122. The first kappa shape index (κ1) is 23.1.